The van der Waals surface area contributed by atoms with Gasteiger partial charge in [-0.15, -0.1) is 5.54 Å². The van der Waals surface area contributed by atoms with Gasteiger partial charge in [-0.2, -0.15) is 0 Å². The molecule has 0 N–H and O–H groups in total. The molecule has 0 bridgehead atoms. The van der Waals surface area contributed by atoms with Gasteiger partial charge in [-0.3, -0.25) is 0 Å². The lowest BCUT2D eigenvalue weighted by molar-refractivity contribution is -0.0173. The lowest BCUT2D eigenvalue weighted by atomic mass is 9.88. The molecule has 0 aromatic carbocycles. The van der Waals surface area contributed by atoms with Crippen molar-refractivity contribution >= 4 is 8.07 Å². The van der Waals surface area contributed by atoms with E-state index in [1.54, 1.807) is 7.11 Å². The average molecular weight is 407 g/mol. The van der Waals surface area contributed by atoms with Gasteiger partial charge in [0.2, 0.25) is 0 Å². The summed E-state index contributed by atoms with van der Waals surface area (Å²) in [4.78, 5) is 0. The molecule has 1 atom stereocenters. The fraction of sp³-hybridized carbons (Fsp3) is 0.750. The maximum absolute atomic E-state index is 6.39. The van der Waals surface area contributed by atoms with Crippen LogP contribution in [0.1, 0.15) is 61.8 Å². The van der Waals surface area contributed by atoms with Crippen molar-refractivity contribution in [2.75, 3.05) is 33.5 Å². The molecule has 0 spiro atoms. The topological polar surface area (TPSA) is 27.7 Å². The van der Waals surface area contributed by atoms with Crippen LogP contribution in [0.25, 0.3) is 0 Å². The second-order valence-corrected chi connectivity index (χ2v) is 14.6. The summed E-state index contributed by atoms with van der Waals surface area (Å²) in [7, 11) is -0.121. The van der Waals surface area contributed by atoms with E-state index in [0.29, 0.717) is 43.1 Å². The first-order valence-electron chi connectivity index (χ1n) is 10.7. The molecule has 4 heteroatoms. The van der Waals surface area contributed by atoms with Crippen LogP contribution in [0.2, 0.25) is 16.6 Å². The Balaban J connectivity index is 3.14. The highest BCUT2D eigenvalue weighted by Gasteiger charge is 2.42. The van der Waals surface area contributed by atoms with Crippen molar-refractivity contribution in [3.8, 4) is 11.5 Å². The SMILES string of the molecule is COCCOCCOC1(C#C[Si](C(C)C)(C(C)C)C(C)C)C=C(C)C=C(C)C1. The summed E-state index contributed by atoms with van der Waals surface area (Å²) in [5.41, 5.74) is 7.72. The van der Waals surface area contributed by atoms with Gasteiger partial charge in [-0.1, -0.05) is 64.7 Å². The van der Waals surface area contributed by atoms with Crippen molar-refractivity contribution in [3.05, 3.63) is 23.3 Å². The number of rotatable bonds is 10. The Morgan fingerprint density at radius 2 is 1.54 bits per heavy atom. The predicted octanol–water partition coefficient (Wildman–Crippen LogP) is 5.92. The van der Waals surface area contributed by atoms with Crippen molar-refractivity contribution in [2.45, 2.75) is 84.0 Å². The van der Waals surface area contributed by atoms with Crippen LogP contribution in [0, 0.1) is 11.5 Å². The third kappa shape index (κ3) is 6.59. The molecular weight excluding hydrogens is 364 g/mol. The molecule has 1 aliphatic carbocycles. The number of allylic oxidation sites excluding steroid dienone is 2. The highest BCUT2D eigenvalue weighted by atomic mass is 28.3. The average Bonchev–Trinajstić information content (AvgIpc) is 2.56. The summed E-state index contributed by atoms with van der Waals surface area (Å²) in [5, 5.41) is 0. The zero-order valence-electron chi connectivity index (χ0n) is 19.6. The molecule has 0 radical (unpaired) electrons. The fourth-order valence-corrected chi connectivity index (χ4v) is 9.99. The van der Waals surface area contributed by atoms with E-state index in [1.807, 2.05) is 0 Å². The highest BCUT2D eigenvalue weighted by molar-refractivity contribution is 6.90. The fourth-order valence-electron chi connectivity index (χ4n) is 4.70. The van der Waals surface area contributed by atoms with Gasteiger partial charge in [0.15, 0.2) is 5.60 Å². The maximum atomic E-state index is 6.39. The Kier molecular flexibility index (Phi) is 10.2. The first kappa shape index (κ1) is 25.2. The van der Waals surface area contributed by atoms with Gasteiger partial charge >= 0.3 is 0 Å². The van der Waals surface area contributed by atoms with Gasteiger partial charge in [0, 0.05) is 13.5 Å². The summed E-state index contributed by atoms with van der Waals surface area (Å²) in [5.74, 6) is 3.67. The van der Waals surface area contributed by atoms with Crippen LogP contribution in [0.5, 0.6) is 0 Å². The summed E-state index contributed by atoms with van der Waals surface area (Å²) < 4.78 is 17.0. The van der Waals surface area contributed by atoms with Crippen LogP contribution in [0.15, 0.2) is 23.3 Å². The van der Waals surface area contributed by atoms with E-state index in [2.05, 4.69) is 79.0 Å². The van der Waals surface area contributed by atoms with Gasteiger partial charge in [0.05, 0.1) is 26.4 Å². The van der Waals surface area contributed by atoms with Crippen LogP contribution >= 0.6 is 0 Å². The van der Waals surface area contributed by atoms with Crippen molar-refractivity contribution in [1.29, 1.82) is 0 Å². The van der Waals surface area contributed by atoms with E-state index in [1.165, 1.54) is 11.1 Å². The minimum absolute atomic E-state index is 0.537. The number of hydrogen-bond donors (Lipinski definition) is 0. The molecule has 160 valence electrons. The molecule has 0 fully saturated rings. The van der Waals surface area contributed by atoms with E-state index in [-0.39, 0.29) is 0 Å². The minimum Gasteiger partial charge on any atom is -0.382 e. The molecule has 0 saturated heterocycles. The zero-order valence-corrected chi connectivity index (χ0v) is 20.6. The monoisotopic (exact) mass is 406 g/mol. The molecule has 28 heavy (non-hydrogen) atoms. The lowest BCUT2D eigenvalue weighted by Crippen LogP contribution is -2.44. The molecule has 0 aliphatic heterocycles. The number of ether oxygens (including phenoxy) is 3. The van der Waals surface area contributed by atoms with Gasteiger partial charge in [0.25, 0.3) is 0 Å². The Bertz CT molecular complexity index is 585. The Morgan fingerprint density at radius 1 is 0.964 bits per heavy atom. The quantitative estimate of drug-likeness (QED) is 0.256. The standard InChI is InChI=1S/C24H42O3Si/c1-19(2)28(20(3)4,21(5)6)15-10-24(17-22(7)16-23(8)18-24)27-14-13-26-12-11-25-9/h16-17,19-21H,11-14,18H2,1-9H3. The molecule has 0 aromatic heterocycles. The first-order valence-corrected chi connectivity index (χ1v) is 12.9. The number of hydrogen-bond acceptors (Lipinski definition) is 3. The van der Waals surface area contributed by atoms with Crippen LogP contribution in [-0.4, -0.2) is 47.2 Å². The first-order chi connectivity index (χ1) is 13.1. The molecule has 3 nitrogen and oxygen atoms in total. The molecule has 1 aliphatic rings. The number of methoxy groups -OCH3 is 1. The van der Waals surface area contributed by atoms with Crippen molar-refractivity contribution < 1.29 is 14.2 Å². The van der Waals surface area contributed by atoms with Crippen LogP contribution in [-0.2, 0) is 14.2 Å². The van der Waals surface area contributed by atoms with Crippen LogP contribution < -0.4 is 0 Å². The molecular formula is C24H42O3Si. The predicted molar refractivity (Wildman–Crippen MR) is 122 cm³/mol. The van der Waals surface area contributed by atoms with E-state index >= 15 is 0 Å². The van der Waals surface area contributed by atoms with Crippen molar-refractivity contribution in [2.24, 2.45) is 0 Å². The van der Waals surface area contributed by atoms with Gasteiger partial charge < -0.3 is 14.2 Å². The second-order valence-electron chi connectivity index (χ2n) is 9.05. The summed E-state index contributed by atoms with van der Waals surface area (Å²) in [6.07, 6.45) is 5.27. The molecule has 0 saturated carbocycles. The minimum atomic E-state index is -1.81. The summed E-state index contributed by atoms with van der Waals surface area (Å²) >= 11 is 0. The van der Waals surface area contributed by atoms with Crippen molar-refractivity contribution in [1.82, 2.24) is 0 Å². The Morgan fingerprint density at radius 3 is 2.04 bits per heavy atom. The Labute approximate surface area is 174 Å². The Hall–Kier alpha value is -0.863. The molecule has 1 rings (SSSR count). The van der Waals surface area contributed by atoms with Crippen LogP contribution in [0.3, 0.4) is 0 Å². The lowest BCUT2D eigenvalue weighted by Gasteiger charge is -2.39. The van der Waals surface area contributed by atoms with E-state index in [4.69, 9.17) is 14.2 Å². The second kappa shape index (κ2) is 11.4. The third-order valence-corrected chi connectivity index (χ3v) is 12.1. The van der Waals surface area contributed by atoms with E-state index in [0.717, 1.165) is 6.42 Å². The largest absolute Gasteiger partial charge is 0.382 e. The third-order valence-electron chi connectivity index (χ3n) is 5.85. The van der Waals surface area contributed by atoms with E-state index < -0.39 is 13.7 Å². The van der Waals surface area contributed by atoms with Gasteiger partial charge in [-0.25, -0.2) is 0 Å². The molecule has 1 unspecified atom stereocenters. The smallest absolute Gasteiger partial charge is 0.150 e. The van der Waals surface area contributed by atoms with Gasteiger partial charge in [-0.05, 0) is 36.5 Å². The molecule has 0 amide bonds. The zero-order chi connectivity index (χ0) is 21.4. The highest BCUT2D eigenvalue weighted by Crippen LogP contribution is 2.41. The van der Waals surface area contributed by atoms with Crippen LogP contribution in [0.4, 0.5) is 0 Å². The van der Waals surface area contributed by atoms with Gasteiger partial charge in [0.1, 0.15) is 8.07 Å². The molecule has 0 heterocycles. The summed E-state index contributed by atoms with van der Waals surface area (Å²) in [6.45, 7) is 20.7. The van der Waals surface area contributed by atoms with Crippen molar-refractivity contribution in [3.63, 3.8) is 0 Å². The maximum Gasteiger partial charge on any atom is 0.150 e. The molecule has 0 aromatic rings. The van der Waals surface area contributed by atoms with E-state index in [9.17, 15) is 0 Å². The normalized spacial score (nSPS) is 20.3. The summed E-state index contributed by atoms with van der Waals surface area (Å²) in [6, 6.07) is 0.